The third kappa shape index (κ3) is 2.20. The van der Waals surface area contributed by atoms with Crippen LogP contribution in [0.1, 0.15) is 38.1 Å². The molecule has 1 aromatic heterocycles. The number of hydrogen-bond donors (Lipinski definition) is 1. The van der Waals surface area contributed by atoms with E-state index in [1.807, 2.05) is 0 Å². The molecule has 0 amide bonds. The highest BCUT2D eigenvalue weighted by atomic mass is 15.1. The average molecular weight is 231 g/mol. The molecular weight excluding hydrogens is 210 g/mol. The third-order valence-corrected chi connectivity index (χ3v) is 3.20. The minimum atomic E-state index is 0.545. The van der Waals surface area contributed by atoms with Crippen LogP contribution in [-0.2, 0) is 13.0 Å². The maximum Gasteiger partial charge on any atom is 0.111 e. The zero-order chi connectivity index (χ0) is 12.4. The summed E-state index contributed by atoms with van der Waals surface area (Å²) >= 11 is 0. The quantitative estimate of drug-likeness (QED) is 0.879. The van der Waals surface area contributed by atoms with Gasteiger partial charge in [0, 0.05) is 13.0 Å². The van der Waals surface area contributed by atoms with E-state index in [0.717, 1.165) is 24.3 Å². The van der Waals surface area contributed by atoms with Gasteiger partial charge in [0.15, 0.2) is 0 Å². The number of benzene rings is 1. The van der Waals surface area contributed by atoms with E-state index < -0.39 is 0 Å². The largest absolute Gasteiger partial charge is 0.330 e. The van der Waals surface area contributed by atoms with Gasteiger partial charge >= 0.3 is 0 Å². The number of rotatable bonds is 4. The number of nitrogens with zero attached hydrogens (tertiary/aromatic N) is 2. The summed E-state index contributed by atoms with van der Waals surface area (Å²) in [7, 11) is 0. The van der Waals surface area contributed by atoms with Crippen molar-refractivity contribution in [1.29, 1.82) is 0 Å². The van der Waals surface area contributed by atoms with Crippen molar-refractivity contribution in [2.45, 2.75) is 39.7 Å². The van der Waals surface area contributed by atoms with Crippen LogP contribution >= 0.6 is 0 Å². The summed E-state index contributed by atoms with van der Waals surface area (Å²) in [6, 6.07) is 6.58. The molecular formula is C14H21N3. The average Bonchev–Trinajstić information content (AvgIpc) is 2.65. The highest BCUT2D eigenvalue weighted by molar-refractivity contribution is 5.77. The fourth-order valence-electron chi connectivity index (χ4n) is 2.23. The zero-order valence-corrected chi connectivity index (χ0v) is 10.9. The molecule has 1 heterocycles. The van der Waals surface area contributed by atoms with Crippen LogP contribution in [0.2, 0.25) is 0 Å². The lowest BCUT2D eigenvalue weighted by molar-refractivity contribution is 0.711. The standard InChI is InChI=1S/C14H21N3/c1-4-17-13-6-5-11(10(2)3)9-12(13)16-14(17)7-8-15/h5-6,9-10H,4,7-8,15H2,1-3H3. The molecule has 3 nitrogen and oxygen atoms in total. The van der Waals surface area contributed by atoms with Crippen molar-refractivity contribution in [3.05, 3.63) is 29.6 Å². The van der Waals surface area contributed by atoms with E-state index in [0.29, 0.717) is 12.5 Å². The van der Waals surface area contributed by atoms with Crippen molar-refractivity contribution in [3.8, 4) is 0 Å². The van der Waals surface area contributed by atoms with Gasteiger partial charge in [0.1, 0.15) is 5.82 Å². The highest BCUT2D eigenvalue weighted by Gasteiger charge is 2.10. The van der Waals surface area contributed by atoms with Crippen LogP contribution < -0.4 is 5.73 Å². The lowest BCUT2D eigenvalue weighted by Gasteiger charge is -2.06. The van der Waals surface area contributed by atoms with Gasteiger partial charge in [0.25, 0.3) is 0 Å². The molecule has 0 unspecified atom stereocenters. The first kappa shape index (κ1) is 12.1. The molecule has 2 N–H and O–H groups in total. The van der Waals surface area contributed by atoms with E-state index in [9.17, 15) is 0 Å². The Labute approximate surface area is 103 Å². The van der Waals surface area contributed by atoms with Gasteiger partial charge in [0.05, 0.1) is 11.0 Å². The van der Waals surface area contributed by atoms with Crippen LogP contribution in [0.5, 0.6) is 0 Å². The van der Waals surface area contributed by atoms with Gasteiger partial charge < -0.3 is 10.3 Å². The maximum atomic E-state index is 5.63. The summed E-state index contributed by atoms with van der Waals surface area (Å²) in [5, 5.41) is 0. The lowest BCUT2D eigenvalue weighted by Crippen LogP contribution is -2.09. The first-order valence-corrected chi connectivity index (χ1v) is 6.36. The molecule has 2 rings (SSSR count). The van der Waals surface area contributed by atoms with E-state index in [1.165, 1.54) is 11.1 Å². The molecule has 0 fully saturated rings. The van der Waals surface area contributed by atoms with Gasteiger partial charge in [-0.2, -0.15) is 0 Å². The summed E-state index contributed by atoms with van der Waals surface area (Å²) in [5.41, 5.74) is 9.30. The maximum absolute atomic E-state index is 5.63. The second kappa shape index (κ2) is 4.88. The number of aromatic nitrogens is 2. The fraction of sp³-hybridized carbons (Fsp3) is 0.500. The van der Waals surface area contributed by atoms with E-state index in [1.54, 1.807) is 0 Å². The predicted octanol–water partition coefficient (Wildman–Crippen LogP) is 2.68. The molecule has 2 aromatic rings. The number of nitrogens with two attached hydrogens (primary N) is 1. The van der Waals surface area contributed by atoms with E-state index >= 15 is 0 Å². The molecule has 3 heteroatoms. The second-order valence-corrected chi connectivity index (χ2v) is 4.71. The fourth-order valence-corrected chi connectivity index (χ4v) is 2.23. The number of fused-ring (bicyclic) bond motifs is 1. The summed E-state index contributed by atoms with van der Waals surface area (Å²) in [6.45, 7) is 8.17. The molecule has 0 saturated heterocycles. The Morgan fingerprint density at radius 1 is 1.35 bits per heavy atom. The van der Waals surface area contributed by atoms with Crippen molar-refractivity contribution in [2.75, 3.05) is 6.54 Å². The van der Waals surface area contributed by atoms with Gasteiger partial charge in [-0.15, -0.1) is 0 Å². The van der Waals surface area contributed by atoms with Crippen LogP contribution in [0.3, 0.4) is 0 Å². The zero-order valence-electron chi connectivity index (χ0n) is 10.9. The molecule has 17 heavy (non-hydrogen) atoms. The van der Waals surface area contributed by atoms with Crippen LogP contribution in [-0.4, -0.2) is 16.1 Å². The monoisotopic (exact) mass is 231 g/mol. The Hall–Kier alpha value is -1.35. The Kier molecular flexibility index (Phi) is 3.48. The Bertz CT molecular complexity index is 511. The normalized spacial score (nSPS) is 11.6. The van der Waals surface area contributed by atoms with Crippen LogP contribution in [0.15, 0.2) is 18.2 Å². The number of imidazole rings is 1. The van der Waals surface area contributed by atoms with Gasteiger partial charge in [-0.05, 0) is 37.1 Å². The molecule has 1 aromatic carbocycles. The lowest BCUT2D eigenvalue weighted by atomic mass is 10.0. The first-order chi connectivity index (χ1) is 8.17. The Morgan fingerprint density at radius 2 is 2.12 bits per heavy atom. The van der Waals surface area contributed by atoms with Crippen molar-refractivity contribution in [3.63, 3.8) is 0 Å². The molecule has 0 bridgehead atoms. The van der Waals surface area contributed by atoms with Gasteiger partial charge in [-0.25, -0.2) is 4.98 Å². The minimum absolute atomic E-state index is 0.545. The van der Waals surface area contributed by atoms with Crippen molar-refractivity contribution in [1.82, 2.24) is 9.55 Å². The molecule has 0 aliphatic carbocycles. The molecule has 0 radical (unpaired) electrons. The topological polar surface area (TPSA) is 43.8 Å². The van der Waals surface area contributed by atoms with E-state index in [-0.39, 0.29) is 0 Å². The molecule has 0 atom stereocenters. The van der Waals surface area contributed by atoms with Gasteiger partial charge in [0.2, 0.25) is 0 Å². The van der Waals surface area contributed by atoms with E-state index in [4.69, 9.17) is 10.7 Å². The smallest absolute Gasteiger partial charge is 0.111 e. The summed E-state index contributed by atoms with van der Waals surface area (Å²) < 4.78 is 2.26. The second-order valence-electron chi connectivity index (χ2n) is 4.71. The molecule has 0 aliphatic rings. The molecule has 92 valence electrons. The van der Waals surface area contributed by atoms with Crippen LogP contribution in [0.4, 0.5) is 0 Å². The first-order valence-electron chi connectivity index (χ1n) is 6.36. The molecule has 0 spiro atoms. The molecule has 0 saturated carbocycles. The Morgan fingerprint density at radius 3 is 2.71 bits per heavy atom. The van der Waals surface area contributed by atoms with Crippen LogP contribution in [0.25, 0.3) is 11.0 Å². The SMILES string of the molecule is CCn1c(CCN)nc2cc(C(C)C)ccc21. The number of aryl methyl sites for hydroxylation is 1. The highest BCUT2D eigenvalue weighted by Crippen LogP contribution is 2.22. The predicted molar refractivity (Wildman–Crippen MR) is 72.3 cm³/mol. The third-order valence-electron chi connectivity index (χ3n) is 3.20. The van der Waals surface area contributed by atoms with Gasteiger partial charge in [-0.1, -0.05) is 19.9 Å². The van der Waals surface area contributed by atoms with Crippen LogP contribution in [0, 0.1) is 0 Å². The Balaban J connectivity index is 2.56. The van der Waals surface area contributed by atoms with Crippen molar-refractivity contribution >= 4 is 11.0 Å². The van der Waals surface area contributed by atoms with E-state index in [2.05, 4.69) is 43.5 Å². The summed E-state index contributed by atoms with van der Waals surface area (Å²) in [5.74, 6) is 1.65. The van der Waals surface area contributed by atoms with Crippen molar-refractivity contribution < 1.29 is 0 Å². The van der Waals surface area contributed by atoms with Gasteiger partial charge in [-0.3, -0.25) is 0 Å². The van der Waals surface area contributed by atoms with Crippen molar-refractivity contribution in [2.24, 2.45) is 5.73 Å². The molecule has 0 aliphatic heterocycles. The minimum Gasteiger partial charge on any atom is -0.330 e. The summed E-state index contributed by atoms with van der Waals surface area (Å²) in [6.07, 6.45) is 0.847. The summed E-state index contributed by atoms with van der Waals surface area (Å²) in [4.78, 5) is 4.70. The number of hydrogen-bond acceptors (Lipinski definition) is 2.